The minimum absolute atomic E-state index is 0.0499. The Morgan fingerprint density at radius 3 is 2.41 bits per heavy atom. The molecule has 0 aliphatic rings. The van der Waals surface area contributed by atoms with Gasteiger partial charge < -0.3 is 14.6 Å². The number of nitrogens with one attached hydrogen (secondary N) is 1. The summed E-state index contributed by atoms with van der Waals surface area (Å²) in [7, 11) is 0. The SMILES string of the molecule is CCCC(C)COc1ccc([C@H](Cc2nc(C)no2)NC(=O)[C@@H](C)c2ccccc2)cc1. The Hall–Kier alpha value is -3.15. The summed E-state index contributed by atoms with van der Waals surface area (Å²) in [6.45, 7) is 8.77. The van der Waals surface area contributed by atoms with E-state index in [9.17, 15) is 4.79 Å². The molecule has 1 heterocycles. The van der Waals surface area contributed by atoms with Crippen molar-refractivity contribution in [3.8, 4) is 5.75 Å². The van der Waals surface area contributed by atoms with Gasteiger partial charge in [0.1, 0.15) is 5.75 Å². The Bertz CT molecular complexity index is 969. The molecular formula is C26H33N3O3. The molecule has 0 spiro atoms. The largest absolute Gasteiger partial charge is 0.493 e. The number of aryl methyl sites for hydroxylation is 1. The van der Waals surface area contributed by atoms with Crippen LogP contribution in [-0.2, 0) is 11.2 Å². The van der Waals surface area contributed by atoms with Crippen LogP contribution >= 0.6 is 0 Å². The summed E-state index contributed by atoms with van der Waals surface area (Å²) < 4.78 is 11.2. The maximum atomic E-state index is 13.0. The predicted molar refractivity (Wildman–Crippen MR) is 124 cm³/mol. The van der Waals surface area contributed by atoms with Crippen LogP contribution in [0.15, 0.2) is 59.1 Å². The maximum Gasteiger partial charge on any atom is 0.229 e. The van der Waals surface area contributed by atoms with Crippen molar-refractivity contribution in [2.24, 2.45) is 5.92 Å². The zero-order valence-corrected chi connectivity index (χ0v) is 19.4. The van der Waals surface area contributed by atoms with Crippen LogP contribution in [0.5, 0.6) is 5.75 Å². The van der Waals surface area contributed by atoms with Crippen LogP contribution in [0.2, 0.25) is 0 Å². The van der Waals surface area contributed by atoms with E-state index in [0.29, 0.717) is 30.7 Å². The zero-order valence-electron chi connectivity index (χ0n) is 19.4. The normalized spacial score (nSPS) is 13.9. The number of nitrogens with zero attached hydrogens (tertiary/aromatic N) is 2. The van der Waals surface area contributed by atoms with Gasteiger partial charge in [-0.3, -0.25) is 4.79 Å². The van der Waals surface area contributed by atoms with Gasteiger partial charge in [0.2, 0.25) is 11.8 Å². The van der Waals surface area contributed by atoms with Gasteiger partial charge in [0.25, 0.3) is 0 Å². The van der Waals surface area contributed by atoms with Crippen LogP contribution < -0.4 is 10.1 Å². The Morgan fingerprint density at radius 2 is 1.78 bits per heavy atom. The third-order valence-corrected chi connectivity index (χ3v) is 5.56. The second-order valence-electron chi connectivity index (χ2n) is 8.41. The summed E-state index contributed by atoms with van der Waals surface area (Å²) in [5.41, 5.74) is 1.94. The highest BCUT2D eigenvalue weighted by atomic mass is 16.5. The standard InChI is InChI=1S/C26H33N3O3/c1-5-9-18(2)17-31-23-14-12-22(13-15-23)24(16-25-27-20(4)29-32-25)28-26(30)19(3)21-10-7-6-8-11-21/h6-8,10-15,18-19,24H,5,9,16-17H2,1-4H3,(H,28,30)/t18?,19-,24-/m0/s1. The van der Waals surface area contributed by atoms with Gasteiger partial charge in [-0.2, -0.15) is 4.98 Å². The monoisotopic (exact) mass is 435 g/mol. The fraction of sp³-hybridized carbons (Fsp3) is 0.423. The summed E-state index contributed by atoms with van der Waals surface area (Å²) >= 11 is 0. The van der Waals surface area contributed by atoms with Crippen LogP contribution in [0.3, 0.4) is 0 Å². The molecular weight excluding hydrogens is 402 g/mol. The van der Waals surface area contributed by atoms with Crippen molar-refractivity contribution in [2.75, 3.05) is 6.61 Å². The van der Waals surface area contributed by atoms with E-state index in [0.717, 1.165) is 29.7 Å². The van der Waals surface area contributed by atoms with E-state index in [-0.39, 0.29) is 17.9 Å². The first-order valence-electron chi connectivity index (χ1n) is 11.3. The predicted octanol–water partition coefficient (Wildman–Crippen LogP) is 5.40. The number of ether oxygens (including phenoxy) is 1. The Morgan fingerprint density at radius 1 is 1.06 bits per heavy atom. The van der Waals surface area contributed by atoms with Gasteiger partial charge in [0.15, 0.2) is 5.82 Å². The molecule has 1 unspecified atom stereocenters. The Labute approximate surface area is 190 Å². The van der Waals surface area contributed by atoms with E-state index < -0.39 is 0 Å². The van der Waals surface area contributed by atoms with Gasteiger partial charge >= 0.3 is 0 Å². The van der Waals surface area contributed by atoms with Gasteiger partial charge in [-0.25, -0.2) is 0 Å². The molecule has 6 heteroatoms. The summed E-state index contributed by atoms with van der Waals surface area (Å²) in [4.78, 5) is 17.3. The lowest BCUT2D eigenvalue weighted by atomic mass is 9.98. The number of hydrogen-bond donors (Lipinski definition) is 1. The van der Waals surface area contributed by atoms with Crippen LogP contribution in [0.1, 0.15) is 68.4 Å². The van der Waals surface area contributed by atoms with E-state index in [1.54, 1.807) is 6.92 Å². The molecule has 3 aromatic rings. The molecule has 0 aliphatic carbocycles. The van der Waals surface area contributed by atoms with E-state index in [1.807, 2.05) is 61.5 Å². The number of carbonyl (C=O) groups is 1. The summed E-state index contributed by atoms with van der Waals surface area (Å²) in [5, 5.41) is 7.04. The van der Waals surface area contributed by atoms with Crippen LogP contribution in [0, 0.1) is 12.8 Å². The number of aromatic nitrogens is 2. The third kappa shape index (κ3) is 6.67. The van der Waals surface area contributed by atoms with Crippen molar-refractivity contribution in [1.29, 1.82) is 0 Å². The Balaban J connectivity index is 1.73. The highest BCUT2D eigenvalue weighted by molar-refractivity contribution is 5.83. The van der Waals surface area contributed by atoms with E-state index in [4.69, 9.17) is 9.26 Å². The van der Waals surface area contributed by atoms with Crippen molar-refractivity contribution >= 4 is 5.91 Å². The van der Waals surface area contributed by atoms with Gasteiger partial charge in [0.05, 0.1) is 25.0 Å². The van der Waals surface area contributed by atoms with E-state index in [1.165, 1.54) is 0 Å². The second-order valence-corrected chi connectivity index (χ2v) is 8.41. The number of hydrogen-bond acceptors (Lipinski definition) is 5. The molecule has 0 saturated carbocycles. The van der Waals surface area contributed by atoms with Gasteiger partial charge in [-0.05, 0) is 49.4 Å². The minimum atomic E-state index is -0.290. The topological polar surface area (TPSA) is 77.2 Å². The molecule has 0 saturated heterocycles. The Kier molecular flexibility index (Phi) is 8.42. The van der Waals surface area contributed by atoms with Crippen molar-refractivity contribution in [1.82, 2.24) is 15.5 Å². The quantitative estimate of drug-likeness (QED) is 0.436. The average molecular weight is 436 g/mol. The average Bonchev–Trinajstić information content (AvgIpc) is 3.22. The van der Waals surface area contributed by atoms with Crippen LogP contribution in [0.25, 0.3) is 0 Å². The minimum Gasteiger partial charge on any atom is -0.493 e. The van der Waals surface area contributed by atoms with E-state index in [2.05, 4.69) is 29.3 Å². The number of rotatable bonds is 11. The number of benzene rings is 2. The molecule has 2 aromatic carbocycles. The van der Waals surface area contributed by atoms with Crippen molar-refractivity contribution in [3.63, 3.8) is 0 Å². The first kappa shape index (κ1) is 23.5. The molecule has 32 heavy (non-hydrogen) atoms. The fourth-order valence-electron chi connectivity index (χ4n) is 3.65. The molecule has 1 aromatic heterocycles. The van der Waals surface area contributed by atoms with Crippen LogP contribution in [-0.4, -0.2) is 22.7 Å². The smallest absolute Gasteiger partial charge is 0.229 e. The molecule has 3 rings (SSSR count). The highest BCUT2D eigenvalue weighted by Crippen LogP contribution is 2.24. The summed E-state index contributed by atoms with van der Waals surface area (Å²) in [5.74, 6) is 2.10. The second kappa shape index (κ2) is 11.5. The lowest BCUT2D eigenvalue weighted by molar-refractivity contribution is -0.123. The lowest BCUT2D eigenvalue weighted by Crippen LogP contribution is -2.33. The van der Waals surface area contributed by atoms with Gasteiger partial charge in [-0.1, -0.05) is 67.9 Å². The highest BCUT2D eigenvalue weighted by Gasteiger charge is 2.22. The molecule has 170 valence electrons. The molecule has 0 radical (unpaired) electrons. The molecule has 1 amide bonds. The molecule has 0 bridgehead atoms. The number of amides is 1. The van der Waals surface area contributed by atoms with Gasteiger partial charge in [-0.15, -0.1) is 0 Å². The van der Waals surface area contributed by atoms with E-state index >= 15 is 0 Å². The first-order valence-corrected chi connectivity index (χ1v) is 11.3. The van der Waals surface area contributed by atoms with Crippen molar-refractivity contribution < 1.29 is 14.1 Å². The molecule has 0 aliphatic heterocycles. The third-order valence-electron chi connectivity index (χ3n) is 5.56. The molecule has 1 N–H and O–H groups in total. The maximum absolute atomic E-state index is 13.0. The summed E-state index contributed by atoms with van der Waals surface area (Å²) in [6, 6.07) is 17.3. The molecule has 6 nitrogen and oxygen atoms in total. The van der Waals surface area contributed by atoms with Gasteiger partial charge in [0, 0.05) is 0 Å². The number of carbonyl (C=O) groups excluding carboxylic acids is 1. The first-order chi connectivity index (χ1) is 15.5. The lowest BCUT2D eigenvalue weighted by Gasteiger charge is -2.21. The molecule has 3 atom stereocenters. The zero-order chi connectivity index (χ0) is 22.9. The summed E-state index contributed by atoms with van der Waals surface area (Å²) in [6.07, 6.45) is 2.72. The fourth-order valence-corrected chi connectivity index (χ4v) is 3.65. The van der Waals surface area contributed by atoms with Crippen molar-refractivity contribution in [3.05, 3.63) is 77.4 Å². The van der Waals surface area contributed by atoms with Crippen LogP contribution in [0.4, 0.5) is 0 Å². The molecule has 0 fully saturated rings. The van der Waals surface area contributed by atoms with Crippen molar-refractivity contribution in [2.45, 2.75) is 58.9 Å².